The van der Waals surface area contributed by atoms with Crippen LogP contribution in [-0.2, 0) is 9.53 Å². The first kappa shape index (κ1) is 15.0. The van der Waals surface area contributed by atoms with E-state index < -0.39 is 5.97 Å². The highest BCUT2D eigenvalue weighted by molar-refractivity contribution is 7.99. The monoisotopic (exact) mass is 298 g/mol. The second-order valence-electron chi connectivity index (χ2n) is 4.39. The Balaban J connectivity index is 2.30. The maximum Gasteiger partial charge on any atom is 0.422 e. The molecule has 0 N–H and O–H groups in total. The van der Waals surface area contributed by atoms with Crippen molar-refractivity contribution in [3.05, 3.63) is 65.2 Å². The van der Waals surface area contributed by atoms with Crippen molar-refractivity contribution in [2.24, 2.45) is 0 Å². The number of carbonyl (C=O) groups is 1. The molecule has 0 atom stereocenters. The van der Waals surface area contributed by atoms with Gasteiger partial charge in [-0.25, -0.2) is 4.79 Å². The van der Waals surface area contributed by atoms with Crippen LogP contribution in [0.2, 0.25) is 0 Å². The molecule has 2 aromatic carbocycles. The fourth-order valence-electron chi connectivity index (χ4n) is 1.83. The summed E-state index contributed by atoms with van der Waals surface area (Å²) in [5.74, 6) is -0.671. The summed E-state index contributed by atoms with van der Waals surface area (Å²) >= 11 is 1.57. The molecule has 5 heteroatoms. The Bertz CT molecular complexity index is 722. The van der Waals surface area contributed by atoms with E-state index in [1.165, 1.54) is 12.7 Å². The molecule has 0 fully saturated rings. The lowest BCUT2D eigenvalue weighted by molar-refractivity contribution is -0.137. The molecule has 0 radical (unpaired) electrons. The highest BCUT2D eigenvalue weighted by Crippen LogP contribution is 2.28. The van der Waals surface area contributed by atoms with Crippen molar-refractivity contribution < 1.29 is 14.3 Å². The second-order valence-corrected chi connectivity index (χ2v) is 5.53. The number of ether oxygens (including phenoxy) is 1. The van der Waals surface area contributed by atoms with Crippen LogP contribution in [-0.4, -0.2) is 23.6 Å². The molecule has 0 saturated heterocycles. The van der Waals surface area contributed by atoms with E-state index in [1.807, 2.05) is 37.3 Å². The van der Waals surface area contributed by atoms with Crippen molar-refractivity contribution >= 4 is 23.4 Å². The molecule has 4 nitrogen and oxygen atoms in total. The van der Waals surface area contributed by atoms with E-state index in [2.05, 4.69) is 15.6 Å². The van der Waals surface area contributed by atoms with Gasteiger partial charge >= 0.3 is 11.7 Å². The fourth-order valence-corrected chi connectivity index (χ4v) is 2.83. The van der Waals surface area contributed by atoms with Crippen LogP contribution in [0, 0.1) is 6.92 Å². The summed E-state index contributed by atoms with van der Waals surface area (Å²) in [7, 11) is 1.25. The van der Waals surface area contributed by atoms with Crippen molar-refractivity contribution in [1.29, 1.82) is 0 Å². The third kappa shape index (κ3) is 3.81. The summed E-state index contributed by atoms with van der Waals surface area (Å²) in [6, 6.07) is 15.4. The molecule has 2 rings (SSSR count). The van der Waals surface area contributed by atoms with Crippen LogP contribution in [0.4, 0.5) is 0 Å². The van der Waals surface area contributed by atoms with Crippen LogP contribution >= 0.6 is 11.8 Å². The Morgan fingerprint density at radius 2 is 1.81 bits per heavy atom. The molecule has 106 valence electrons. The summed E-state index contributed by atoms with van der Waals surface area (Å²) in [6.07, 6.45) is 0. The van der Waals surface area contributed by atoms with E-state index in [4.69, 9.17) is 5.53 Å². The Morgan fingerprint density at radius 1 is 1.14 bits per heavy atom. The lowest BCUT2D eigenvalue weighted by Crippen LogP contribution is -2.18. The Labute approximate surface area is 127 Å². The van der Waals surface area contributed by atoms with E-state index in [0.717, 1.165) is 9.79 Å². The van der Waals surface area contributed by atoms with Gasteiger partial charge in [0.15, 0.2) is 0 Å². The van der Waals surface area contributed by atoms with E-state index in [-0.39, 0.29) is 5.71 Å². The number of benzene rings is 2. The zero-order valence-corrected chi connectivity index (χ0v) is 12.6. The predicted molar refractivity (Wildman–Crippen MR) is 81.5 cm³/mol. The molecule has 0 aliphatic carbocycles. The van der Waals surface area contributed by atoms with Crippen LogP contribution < -0.4 is 0 Å². The normalized spacial score (nSPS) is 9.81. The number of hydrogen-bond acceptors (Lipinski definition) is 3. The van der Waals surface area contributed by atoms with Crippen LogP contribution in [0.25, 0.3) is 5.53 Å². The van der Waals surface area contributed by atoms with Crippen LogP contribution in [0.1, 0.15) is 11.1 Å². The number of methoxy groups -OCH3 is 1. The number of aryl methyl sites for hydroxylation is 1. The van der Waals surface area contributed by atoms with Crippen LogP contribution in [0.5, 0.6) is 0 Å². The summed E-state index contributed by atoms with van der Waals surface area (Å²) in [5, 5.41) is 0. The van der Waals surface area contributed by atoms with Gasteiger partial charge in [-0.15, -0.1) is 0 Å². The molecule has 0 spiro atoms. The number of esters is 1. The van der Waals surface area contributed by atoms with Gasteiger partial charge in [-0.3, -0.25) is 0 Å². The number of hydrogen-bond donors (Lipinski definition) is 0. The van der Waals surface area contributed by atoms with Gasteiger partial charge in [-0.05, 0) is 37.3 Å². The Morgan fingerprint density at radius 3 is 2.43 bits per heavy atom. The Kier molecular flexibility index (Phi) is 4.93. The SMILES string of the molecule is COC(=O)C(=[N+]=[N-])c1cccc(Sc2cccc(C)c2)c1. The van der Waals surface area contributed by atoms with E-state index in [0.29, 0.717) is 5.56 Å². The molecule has 2 aromatic rings. The third-order valence-electron chi connectivity index (χ3n) is 2.81. The molecule has 0 unspecified atom stereocenters. The first-order valence-corrected chi connectivity index (χ1v) is 7.11. The minimum atomic E-state index is -0.671. The molecule has 21 heavy (non-hydrogen) atoms. The average Bonchev–Trinajstić information content (AvgIpc) is 2.48. The summed E-state index contributed by atoms with van der Waals surface area (Å²) < 4.78 is 4.60. The maximum absolute atomic E-state index is 11.5. The number of nitrogens with zero attached hydrogens (tertiary/aromatic N) is 2. The lowest BCUT2D eigenvalue weighted by Gasteiger charge is -2.04. The third-order valence-corrected chi connectivity index (χ3v) is 3.79. The average molecular weight is 298 g/mol. The summed E-state index contributed by atoms with van der Waals surface area (Å²) in [6.45, 7) is 2.04. The summed E-state index contributed by atoms with van der Waals surface area (Å²) in [4.78, 5) is 16.6. The molecule has 0 aliphatic rings. The van der Waals surface area contributed by atoms with Crippen molar-refractivity contribution in [3.8, 4) is 0 Å². The van der Waals surface area contributed by atoms with Gasteiger partial charge in [0.2, 0.25) is 0 Å². The first-order chi connectivity index (χ1) is 10.1. The van der Waals surface area contributed by atoms with E-state index >= 15 is 0 Å². The maximum atomic E-state index is 11.5. The molecule has 0 amide bonds. The van der Waals surface area contributed by atoms with Gasteiger partial charge in [0.25, 0.3) is 0 Å². The highest BCUT2D eigenvalue weighted by atomic mass is 32.2. The van der Waals surface area contributed by atoms with Crippen molar-refractivity contribution in [3.63, 3.8) is 0 Å². The predicted octanol–water partition coefficient (Wildman–Crippen LogP) is 3.34. The fraction of sp³-hybridized carbons (Fsp3) is 0.125. The van der Waals surface area contributed by atoms with Gasteiger partial charge in [0, 0.05) is 9.79 Å². The minimum Gasteiger partial charge on any atom is -0.460 e. The smallest absolute Gasteiger partial charge is 0.422 e. The molecular formula is C16H14N2O2S. The Hall–Kier alpha value is -2.36. The highest BCUT2D eigenvalue weighted by Gasteiger charge is 2.23. The second kappa shape index (κ2) is 6.88. The number of rotatable bonds is 4. The molecule has 0 heterocycles. The molecule has 0 aliphatic heterocycles. The molecule has 0 aromatic heterocycles. The largest absolute Gasteiger partial charge is 0.460 e. The van der Waals surface area contributed by atoms with Crippen molar-refractivity contribution in [1.82, 2.24) is 0 Å². The molecule has 0 bridgehead atoms. The van der Waals surface area contributed by atoms with E-state index in [9.17, 15) is 4.79 Å². The van der Waals surface area contributed by atoms with Crippen LogP contribution in [0.15, 0.2) is 58.3 Å². The lowest BCUT2D eigenvalue weighted by atomic mass is 10.1. The minimum absolute atomic E-state index is 0.107. The zero-order valence-electron chi connectivity index (χ0n) is 11.7. The van der Waals surface area contributed by atoms with Gasteiger partial charge in [0.1, 0.15) is 0 Å². The van der Waals surface area contributed by atoms with E-state index in [1.54, 1.807) is 23.9 Å². The quantitative estimate of drug-likeness (QED) is 0.376. The van der Waals surface area contributed by atoms with Gasteiger partial charge in [-0.1, -0.05) is 35.5 Å². The van der Waals surface area contributed by atoms with Gasteiger partial charge in [0.05, 0.1) is 12.7 Å². The van der Waals surface area contributed by atoms with Gasteiger partial charge in [-0.2, -0.15) is 4.79 Å². The standard InChI is InChI=1S/C16H14N2O2S/c1-11-5-3-7-13(9-11)21-14-8-4-6-12(10-14)15(18-17)16(19)20-2/h3-10H,1-2H3. The number of carbonyl (C=O) groups excluding carboxylic acids is 1. The summed E-state index contributed by atoms with van der Waals surface area (Å²) in [5.41, 5.74) is 10.6. The van der Waals surface area contributed by atoms with Gasteiger partial charge < -0.3 is 10.3 Å². The van der Waals surface area contributed by atoms with Crippen molar-refractivity contribution in [2.75, 3.05) is 7.11 Å². The zero-order chi connectivity index (χ0) is 15.2. The van der Waals surface area contributed by atoms with Crippen molar-refractivity contribution in [2.45, 2.75) is 16.7 Å². The first-order valence-electron chi connectivity index (χ1n) is 6.29. The molecule has 0 saturated carbocycles. The molecular weight excluding hydrogens is 284 g/mol. The van der Waals surface area contributed by atoms with Crippen LogP contribution in [0.3, 0.4) is 0 Å². The topological polar surface area (TPSA) is 62.7 Å².